The van der Waals surface area contributed by atoms with Crippen LogP contribution >= 0.6 is 23.2 Å². The zero-order valence-electron chi connectivity index (χ0n) is 13.3. The van der Waals surface area contributed by atoms with E-state index in [-0.39, 0.29) is 5.56 Å². The summed E-state index contributed by atoms with van der Waals surface area (Å²) in [6.45, 7) is 0. The Kier molecular flexibility index (Phi) is 4.04. The lowest BCUT2D eigenvalue weighted by Crippen LogP contribution is -2.12. The molecule has 26 heavy (non-hydrogen) atoms. The van der Waals surface area contributed by atoms with Crippen LogP contribution in [0, 0.1) is 11.3 Å². The summed E-state index contributed by atoms with van der Waals surface area (Å²) >= 11 is 12.1. The largest absolute Gasteiger partial charge is 0.360 e. The molecule has 0 bridgehead atoms. The molecule has 4 nitrogen and oxygen atoms in total. The molecule has 0 saturated heterocycles. The summed E-state index contributed by atoms with van der Waals surface area (Å²) in [6, 6.07) is 16.6. The molecule has 2 aromatic heterocycles. The van der Waals surface area contributed by atoms with E-state index in [0.29, 0.717) is 26.9 Å². The Labute approximate surface area is 158 Å². The fourth-order valence-corrected chi connectivity index (χ4v) is 3.30. The molecule has 6 heteroatoms. The van der Waals surface area contributed by atoms with Gasteiger partial charge in [-0.1, -0.05) is 47.5 Å². The van der Waals surface area contributed by atoms with Gasteiger partial charge >= 0.3 is 0 Å². The van der Waals surface area contributed by atoms with Gasteiger partial charge in [-0.3, -0.25) is 4.79 Å². The molecule has 0 spiro atoms. The van der Waals surface area contributed by atoms with Crippen LogP contribution in [0.4, 0.5) is 0 Å². The number of rotatable bonds is 2. The summed E-state index contributed by atoms with van der Waals surface area (Å²) in [4.78, 5) is 18.5. The van der Waals surface area contributed by atoms with E-state index in [2.05, 4.69) is 9.97 Å². The van der Waals surface area contributed by atoms with Gasteiger partial charge in [0.1, 0.15) is 11.6 Å². The molecule has 126 valence electrons. The number of aromatic nitrogens is 2. The highest BCUT2D eigenvalue weighted by Crippen LogP contribution is 2.33. The Hall–Kier alpha value is -3.00. The maximum atomic E-state index is 12.5. The van der Waals surface area contributed by atoms with Crippen LogP contribution in [0.25, 0.3) is 33.3 Å². The number of nitrogens with zero attached hydrogens (tertiary/aromatic N) is 1. The molecule has 0 radical (unpaired) electrons. The highest BCUT2D eigenvalue weighted by Gasteiger charge is 2.15. The predicted molar refractivity (Wildman–Crippen MR) is 105 cm³/mol. The number of aromatic amines is 2. The summed E-state index contributed by atoms with van der Waals surface area (Å²) in [5.74, 6) is 0. The second-order valence-corrected chi connectivity index (χ2v) is 6.60. The van der Waals surface area contributed by atoms with E-state index in [1.165, 1.54) is 0 Å². The van der Waals surface area contributed by atoms with Gasteiger partial charge in [-0.15, -0.1) is 0 Å². The van der Waals surface area contributed by atoms with Crippen molar-refractivity contribution in [2.75, 3.05) is 0 Å². The van der Waals surface area contributed by atoms with Crippen molar-refractivity contribution in [1.29, 1.82) is 5.26 Å². The van der Waals surface area contributed by atoms with Crippen LogP contribution in [-0.2, 0) is 0 Å². The van der Waals surface area contributed by atoms with E-state index in [9.17, 15) is 10.1 Å². The van der Waals surface area contributed by atoms with E-state index in [0.717, 1.165) is 16.5 Å². The summed E-state index contributed by atoms with van der Waals surface area (Å²) < 4.78 is 0. The first-order chi connectivity index (χ1) is 12.6. The Bertz CT molecular complexity index is 1250. The molecule has 2 heterocycles. The average molecular weight is 380 g/mol. The smallest absolute Gasteiger partial charge is 0.266 e. The maximum Gasteiger partial charge on any atom is 0.266 e. The first kappa shape index (κ1) is 16.5. The number of fused-ring (bicyclic) bond motifs is 1. The van der Waals surface area contributed by atoms with Crippen LogP contribution in [0.15, 0.2) is 59.5 Å². The normalized spacial score (nSPS) is 10.8. The second kappa shape index (κ2) is 6.38. The van der Waals surface area contributed by atoms with Crippen molar-refractivity contribution in [3.63, 3.8) is 0 Å². The zero-order valence-corrected chi connectivity index (χ0v) is 14.8. The number of benzene rings is 2. The van der Waals surface area contributed by atoms with Crippen LogP contribution in [0.1, 0.15) is 5.56 Å². The third kappa shape index (κ3) is 2.68. The minimum absolute atomic E-state index is 0.0342. The molecule has 0 amide bonds. The van der Waals surface area contributed by atoms with Gasteiger partial charge in [0.2, 0.25) is 0 Å². The van der Waals surface area contributed by atoms with Crippen molar-refractivity contribution in [2.24, 2.45) is 0 Å². The standard InChI is InChI=1S/C20H11Cl2N3O/c21-16-6-5-11(7-17(16)22)13-8-19(25-20(26)14(13)9-23)15-10-24-18-4-2-1-3-12(15)18/h1-8,10,24H,(H,25,26). The van der Waals surface area contributed by atoms with Crippen LogP contribution < -0.4 is 5.56 Å². The number of nitrogens with one attached hydrogen (secondary N) is 2. The van der Waals surface area contributed by atoms with Crippen LogP contribution in [-0.4, -0.2) is 9.97 Å². The number of para-hydroxylation sites is 1. The number of halogens is 2. The lowest BCUT2D eigenvalue weighted by atomic mass is 9.99. The van der Waals surface area contributed by atoms with Crippen molar-refractivity contribution < 1.29 is 0 Å². The summed E-state index contributed by atoms with van der Waals surface area (Å²) in [5.41, 5.74) is 3.18. The third-order valence-corrected chi connectivity index (χ3v) is 4.99. The highest BCUT2D eigenvalue weighted by molar-refractivity contribution is 6.42. The lowest BCUT2D eigenvalue weighted by molar-refractivity contribution is 1.22. The van der Waals surface area contributed by atoms with Gasteiger partial charge in [0.05, 0.1) is 15.7 Å². The van der Waals surface area contributed by atoms with Gasteiger partial charge in [-0.05, 0) is 29.8 Å². The van der Waals surface area contributed by atoms with Gasteiger partial charge < -0.3 is 9.97 Å². The molecule has 0 saturated carbocycles. The van der Waals surface area contributed by atoms with Gasteiger partial charge in [0.15, 0.2) is 0 Å². The van der Waals surface area contributed by atoms with Gasteiger partial charge in [0, 0.05) is 28.2 Å². The average Bonchev–Trinajstić information content (AvgIpc) is 3.07. The molecule has 4 aromatic rings. The van der Waals surface area contributed by atoms with Gasteiger partial charge in [-0.2, -0.15) is 5.26 Å². The van der Waals surface area contributed by atoms with E-state index >= 15 is 0 Å². The molecule has 0 fully saturated rings. The number of H-pyrrole nitrogens is 2. The quantitative estimate of drug-likeness (QED) is 0.491. The van der Waals surface area contributed by atoms with E-state index in [1.54, 1.807) is 24.3 Å². The molecule has 2 aromatic carbocycles. The fraction of sp³-hybridized carbons (Fsp3) is 0. The number of hydrogen-bond donors (Lipinski definition) is 2. The molecule has 2 N–H and O–H groups in total. The fourth-order valence-electron chi connectivity index (χ4n) is 3.00. The molecule has 0 aliphatic carbocycles. The summed E-state index contributed by atoms with van der Waals surface area (Å²) in [5, 5.41) is 11.2. The molecule has 0 aliphatic rings. The molecular formula is C20H11Cl2N3O. The molecule has 0 unspecified atom stereocenters. The van der Waals surface area contributed by atoms with Crippen LogP contribution in [0.5, 0.6) is 0 Å². The minimum Gasteiger partial charge on any atom is -0.360 e. The van der Waals surface area contributed by atoms with Crippen LogP contribution in [0.2, 0.25) is 10.0 Å². The van der Waals surface area contributed by atoms with Gasteiger partial charge in [0.25, 0.3) is 5.56 Å². The Morgan fingerprint density at radius 1 is 0.962 bits per heavy atom. The monoisotopic (exact) mass is 379 g/mol. The Morgan fingerprint density at radius 2 is 1.77 bits per heavy atom. The third-order valence-electron chi connectivity index (χ3n) is 4.26. The molecule has 0 atom stereocenters. The van der Waals surface area contributed by atoms with Crippen molar-refractivity contribution in [1.82, 2.24) is 9.97 Å². The predicted octanol–water partition coefficient (Wildman–Crippen LogP) is 5.37. The van der Waals surface area contributed by atoms with Crippen molar-refractivity contribution in [2.45, 2.75) is 0 Å². The Balaban J connectivity index is 1.99. The number of pyridine rings is 1. The lowest BCUT2D eigenvalue weighted by Gasteiger charge is -2.08. The minimum atomic E-state index is -0.448. The summed E-state index contributed by atoms with van der Waals surface area (Å²) in [6.07, 6.45) is 1.83. The van der Waals surface area contributed by atoms with E-state index in [4.69, 9.17) is 23.2 Å². The topological polar surface area (TPSA) is 72.4 Å². The van der Waals surface area contributed by atoms with Crippen LogP contribution in [0.3, 0.4) is 0 Å². The molecular weight excluding hydrogens is 369 g/mol. The second-order valence-electron chi connectivity index (χ2n) is 5.79. The zero-order chi connectivity index (χ0) is 18.3. The SMILES string of the molecule is N#Cc1c(-c2ccc(Cl)c(Cl)c2)cc(-c2c[nH]c3ccccc23)[nH]c1=O. The first-order valence-electron chi connectivity index (χ1n) is 7.78. The Morgan fingerprint density at radius 3 is 2.54 bits per heavy atom. The van der Waals surface area contributed by atoms with Crippen molar-refractivity contribution in [3.8, 4) is 28.5 Å². The summed E-state index contributed by atoms with van der Waals surface area (Å²) in [7, 11) is 0. The van der Waals surface area contributed by atoms with E-state index < -0.39 is 5.56 Å². The molecule has 0 aliphatic heterocycles. The van der Waals surface area contributed by atoms with Gasteiger partial charge in [-0.25, -0.2) is 0 Å². The molecule has 4 rings (SSSR count). The number of hydrogen-bond acceptors (Lipinski definition) is 2. The van der Waals surface area contributed by atoms with E-state index in [1.807, 2.05) is 36.5 Å². The van der Waals surface area contributed by atoms with Crippen molar-refractivity contribution in [3.05, 3.63) is 80.7 Å². The maximum absolute atomic E-state index is 12.5. The highest BCUT2D eigenvalue weighted by atomic mass is 35.5. The number of nitriles is 1. The van der Waals surface area contributed by atoms with Crippen molar-refractivity contribution >= 4 is 34.1 Å². The first-order valence-corrected chi connectivity index (χ1v) is 8.53.